The van der Waals surface area contributed by atoms with Gasteiger partial charge in [0.1, 0.15) is 35.1 Å². The van der Waals surface area contributed by atoms with Crippen molar-refractivity contribution in [3.63, 3.8) is 0 Å². The zero-order valence-electron chi connectivity index (χ0n) is 28.2. The SMILES string of the molecule is CCCN(C(=O)C(CC(C)C)NC(=O)OC(C)(C)C)C(C(=O)NC(Cc1ccccc1)C(=O)OC(C)(C)C)c1ccccc1O. The van der Waals surface area contributed by atoms with Gasteiger partial charge in [-0.05, 0) is 71.9 Å². The van der Waals surface area contributed by atoms with Gasteiger partial charge in [0.2, 0.25) is 11.8 Å². The quantitative estimate of drug-likeness (QED) is 0.244. The van der Waals surface area contributed by atoms with Crippen LogP contribution < -0.4 is 10.6 Å². The normalized spacial score (nSPS) is 13.7. The molecular formula is C35H51N3O7. The number of nitrogens with one attached hydrogen (secondary N) is 2. The van der Waals surface area contributed by atoms with Crippen LogP contribution >= 0.6 is 0 Å². The van der Waals surface area contributed by atoms with E-state index in [4.69, 9.17) is 9.47 Å². The first-order valence-corrected chi connectivity index (χ1v) is 15.6. The zero-order chi connectivity index (χ0) is 33.9. The molecule has 0 aliphatic rings. The lowest BCUT2D eigenvalue weighted by molar-refractivity contribution is -0.159. The second kappa shape index (κ2) is 16.3. The number of aromatic hydroxyl groups is 1. The average Bonchev–Trinajstić information content (AvgIpc) is 2.91. The number of esters is 1. The molecule has 2 aromatic rings. The number of phenolic OH excluding ortho intramolecular Hbond substituents is 1. The fraction of sp³-hybridized carbons (Fsp3) is 0.543. The second-order valence-corrected chi connectivity index (χ2v) is 13.6. The number of hydrogen-bond donors (Lipinski definition) is 3. The predicted molar refractivity (Wildman–Crippen MR) is 173 cm³/mol. The molecule has 3 unspecified atom stereocenters. The first kappa shape index (κ1) is 37.1. The Balaban J connectivity index is 2.58. The Hall–Kier alpha value is -4.08. The highest BCUT2D eigenvalue weighted by molar-refractivity contribution is 5.94. The number of para-hydroxylation sites is 1. The van der Waals surface area contributed by atoms with E-state index in [1.807, 2.05) is 51.1 Å². The molecule has 2 aromatic carbocycles. The van der Waals surface area contributed by atoms with E-state index in [9.17, 15) is 24.3 Å². The van der Waals surface area contributed by atoms with Crippen molar-refractivity contribution in [2.24, 2.45) is 5.92 Å². The number of carbonyl (C=O) groups excluding carboxylic acids is 4. The van der Waals surface area contributed by atoms with Crippen LogP contribution in [0.2, 0.25) is 0 Å². The van der Waals surface area contributed by atoms with E-state index in [1.165, 1.54) is 11.0 Å². The van der Waals surface area contributed by atoms with Crippen LogP contribution in [0.3, 0.4) is 0 Å². The van der Waals surface area contributed by atoms with Crippen LogP contribution in [0.15, 0.2) is 54.6 Å². The van der Waals surface area contributed by atoms with Gasteiger partial charge in [0.15, 0.2) is 0 Å². The fourth-order valence-corrected chi connectivity index (χ4v) is 4.79. The Morgan fingerprint density at radius 1 is 0.822 bits per heavy atom. The molecule has 248 valence electrons. The van der Waals surface area contributed by atoms with E-state index in [1.54, 1.807) is 59.7 Å². The van der Waals surface area contributed by atoms with Gasteiger partial charge in [-0.3, -0.25) is 9.59 Å². The second-order valence-electron chi connectivity index (χ2n) is 13.6. The topological polar surface area (TPSA) is 134 Å². The Morgan fingerprint density at radius 2 is 1.40 bits per heavy atom. The van der Waals surface area contributed by atoms with Gasteiger partial charge in [0, 0.05) is 18.5 Å². The summed E-state index contributed by atoms with van der Waals surface area (Å²) in [6.07, 6.45) is 0.146. The average molecular weight is 626 g/mol. The highest BCUT2D eigenvalue weighted by atomic mass is 16.6. The molecule has 0 aliphatic carbocycles. The Kier molecular flexibility index (Phi) is 13.4. The maximum absolute atomic E-state index is 14.3. The van der Waals surface area contributed by atoms with Gasteiger partial charge in [-0.15, -0.1) is 0 Å². The van der Waals surface area contributed by atoms with Crippen molar-refractivity contribution in [3.8, 4) is 5.75 Å². The molecule has 10 nitrogen and oxygen atoms in total. The maximum Gasteiger partial charge on any atom is 0.408 e. The molecule has 0 heterocycles. The molecule has 0 radical (unpaired) electrons. The van der Waals surface area contributed by atoms with Crippen LogP contribution in [0.5, 0.6) is 5.75 Å². The first-order chi connectivity index (χ1) is 20.9. The van der Waals surface area contributed by atoms with E-state index in [0.717, 1.165) is 5.56 Å². The minimum Gasteiger partial charge on any atom is -0.508 e. The maximum atomic E-state index is 14.3. The molecule has 0 spiro atoms. The largest absolute Gasteiger partial charge is 0.508 e. The molecule has 3 N–H and O–H groups in total. The monoisotopic (exact) mass is 625 g/mol. The lowest BCUT2D eigenvalue weighted by atomic mass is 9.97. The first-order valence-electron chi connectivity index (χ1n) is 15.6. The van der Waals surface area contributed by atoms with E-state index >= 15 is 0 Å². The highest BCUT2D eigenvalue weighted by Gasteiger charge is 2.39. The summed E-state index contributed by atoms with van der Waals surface area (Å²) in [6, 6.07) is 12.1. The summed E-state index contributed by atoms with van der Waals surface area (Å²) in [7, 11) is 0. The summed E-state index contributed by atoms with van der Waals surface area (Å²) in [5.74, 6) is -2.00. The molecule has 0 fully saturated rings. The van der Waals surface area contributed by atoms with Crippen LogP contribution in [0, 0.1) is 5.92 Å². The number of rotatable bonds is 13. The third-order valence-electron chi connectivity index (χ3n) is 6.53. The molecule has 0 saturated heterocycles. The summed E-state index contributed by atoms with van der Waals surface area (Å²) in [4.78, 5) is 56.1. The highest BCUT2D eigenvalue weighted by Crippen LogP contribution is 2.31. The molecule has 45 heavy (non-hydrogen) atoms. The van der Waals surface area contributed by atoms with Gasteiger partial charge < -0.3 is 30.1 Å². The van der Waals surface area contributed by atoms with E-state index < -0.39 is 53.2 Å². The third-order valence-corrected chi connectivity index (χ3v) is 6.53. The Labute approximate surface area is 267 Å². The van der Waals surface area contributed by atoms with E-state index in [0.29, 0.717) is 6.42 Å². The molecule has 3 atom stereocenters. The van der Waals surface area contributed by atoms with Crippen LogP contribution in [-0.2, 0) is 30.3 Å². The van der Waals surface area contributed by atoms with E-state index in [-0.39, 0.29) is 36.6 Å². The number of hydrogen-bond acceptors (Lipinski definition) is 7. The summed E-state index contributed by atoms with van der Waals surface area (Å²) in [5, 5.41) is 16.4. The van der Waals surface area contributed by atoms with E-state index in [2.05, 4.69) is 10.6 Å². The van der Waals surface area contributed by atoms with Crippen molar-refractivity contribution in [2.45, 2.75) is 111 Å². The van der Waals surface area contributed by atoms with Crippen molar-refractivity contribution in [1.29, 1.82) is 0 Å². The van der Waals surface area contributed by atoms with Crippen LogP contribution in [0.4, 0.5) is 4.79 Å². The van der Waals surface area contributed by atoms with Crippen molar-refractivity contribution >= 4 is 23.9 Å². The standard InChI is InChI=1S/C35H51N3O7/c1-10-20-38(31(41)26(21-23(2)3)37-33(43)45-35(7,8)9)29(25-18-14-15-19-28(25)39)30(40)36-27(32(42)44-34(4,5)6)22-24-16-12-11-13-17-24/h11-19,23,26-27,29,39H,10,20-22H2,1-9H3,(H,36,40)(H,37,43). The number of carbonyl (C=O) groups is 4. The lowest BCUT2D eigenvalue weighted by Crippen LogP contribution is -2.55. The predicted octanol–water partition coefficient (Wildman–Crippen LogP) is 5.68. The third kappa shape index (κ3) is 12.4. The van der Waals surface area contributed by atoms with Crippen molar-refractivity contribution < 1.29 is 33.8 Å². The minimum atomic E-state index is -1.32. The molecule has 0 bridgehead atoms. The van der Waals surface area contributed by atoms with Crippen molar-refractivity contribution in [3.05, 3.63) is 65.7 Å². The molecule has 3 amide bonds. The molecule has 0 saturated carbocycles. The molecule has 2 rings (SSSR count). The van der Waals surface area contributed by atoms with Gasteiger partial charge in [0.05, 0.1) is 0 Å². The van der Waals surface area contributed by atoms with Gasteiger partial charge in [-0.25, -0.2) is 9.59 Å². The van der Waals surface area contributed by atoms with Gasteiger partial charge in [-0.1, -0.05) is 69.3 Å². The van der Waals surface area contributed by atoms with Crippen LogP contribution in [0.25, 0.3) is 0 Å². The van der Waals surface area contributed by atoms with Crippen molar-refractivity contribution in [2.75, 3.05) is 6.54 Å². The van der Waals surface area contributed by atoms with Crippen molar-refractivity contribution in [1.82, 2.24) is 15.5 Å². The molecule has 0 aromatic heterocycles. The van der Waals surface area contributed by atoms with Gasteiger partial charge >= 0.3 is 12.1 Å². The Morgan fingerprint density at radius 3 is 1.93 bits per heavy atom. The number of alkyl carbamates (subject to hydrolysis) is 1. The van der Waals surface area contributed by atoms with Gasteiger partial charge in [0.25, 0.3) is 0 Å². The summed E-state index contributed by atoms with van der Waals surface area (Å²) in [6.45, 7) is 16.2. The van der Waals surface area contributed by atoms with Gasteiger partial charge in [-0.2, -0.15) is 0 Å². The molecule has 10 heteroatoms. The summed E-state index contributed by atoms with van der Waals surface area (Å²) in [5.41, 5.74) is -0.616. The summed E-state index contributed by atoms with van der Waals surface area (Å²) >= 11 is 0. The number of ether oxygens (including phenoxy) is 2. The number of amides is 3. The molecular weight excluding hydrogens is 574 g/mol. The Bertz CT molecular complexity index is 1280. The minimum absolute atomic E-state index is 0.0113. The number of benzene rings is 2. The lowest BCUT2D eigenvalue weighted by Gasteiger charge is -2.35. The van der Waals surface area contributed by atoms with Crippen LogP contribution in [0.1, 0.15) is 92.3 Å². The summed E-state index contributed by atoms with van der Waals surface area (Å²) < 4.78 is 11.1. The number of phenols is 1. The molecule has 0 aliphatic heterocycles. The fourth-order valence-electron chi connectivity index (χ4n) is 4.79. The zero-order valence-corrected chi connectivity index (χ0v) is 28.2. The number of nitrogens with zero attached hydrogens (tertiary/aromatic N) is 1. The smallest absolute Gasteiger partial charge is 0.408 e. The van der Waals surface area contributed by atoms with Crippen LogP contribution in [-0.4, -0.2) is 63.7 Å².